The van der Waals surface area contributed by atoms with Crippen molar-refractivity contribution < 1.29 is 22.3 Å². The molecule has 0 saturated carbocycles. The highest BCUT2D eigenvalue weighted by Crippen LogP contribution is 2.33. The maximum atomic E-state index is 11.0. The van der Waals surface area contributed by atoms with Gasteiger partial charge in [0, 0.05) is 19.2 Å². The van der Waals surface area contributed by atoms with Crippen molar-refractivity contribution in [1.82, 2.24) is 0 Å². The molecule has 0 N–H and O–H groups in total. The van der Waals surface area contributed by atoms with Crippen molar-refractivity contribution in [3.05, 3.63) is 38.4 Å². The summed E-state index contributed by atoms with van der Waals surface area (Å²) >= 11 is 0. The highest BCUT2D eigenvalue weighted by atomic mass is 35.5. The molecular weight excluding hydrogens is 274 g/mol. The van der Waals surface area contributed by atoms with Crippen LogP contribution in [-0.4, -0.2) is 22.9 Å². The molecule has 1 aliphatic rings. The van der Waals surface area contributed by atoms with E-state index in [2.05, 4.69) is 0 Å². The second-order valence-electron chi connectivity index (χ2n) is 4.23. The summed E-state index contributed by atoms with van der Waals surface area (Å²) < 4.78 is 0. The third-order valence-corrected chi connectivity index (χ3v) is 3.06. The van der Waals surface area contributed by atoms with Gasteiger partial charge >= 0.3 is 0 Å². The molecule has 7 nitrogen and oxygen atoms in total. The zero-order chi connectivity index (χ0) is 13.1. The Kier molecular flexibility index (Phi) is 5.05. The Morgan fingerprint density at radius 2 is 1.63 bits per heavy atom. The lowest BCUT2D eigenvalue weighted by Crippen LogP contribution is -3.00. The maximum absolute atomic E-state index is 11.0. The first kappa shape index (κ1) is 15.2. The molecule has 0 amide bonds. The molecule has 0 aliphatic carbocycles. The van der Waals surface area contributed by atoms with Crippen molar-refractivity contribution in [2.24, 2.45) is 0 Å². The van der Waals surface area contributed by atoms with Gasteiger partial charge in [0.25, 0.3) is 11.4 Å². The first-order valence-electron chi connectivity index (χ1n) is 5.77. The molecule has 0 radical (unpaired) electrons. The van der Waals surface area contributed by atoms with Gasteiger partial charge in [-0.1, -0.05) is 0 Å². The molecule has 104 valence electrons. The number of piperidine rings is 1. The summed E-state index contributed by atoms with van der Waals surface area (Å²) in [6, 6.07) is 3.82. The van der Waals surface area contributed by atoms with Crippen LogP contribution in [0.5, 0.6) is 0 Å². The Balaban J connectivity index is 0.00000180. The summed E-state index contributed by atoms with van der Waals surface area (Å²) in [7, 11) is 0. The lowest BCUT2D eigenvalue weighted by molar-refractivity contribution is -0.393. The fourth-order valence-corrected chi connectivity index (χ4v) is 2.17. The second-order valence-corrected chi connectivity index (χ2v) is 4.23. The van der Waals surface area contributed by atoms with Crippen LogP contribution in [0.3, 0.4) is 0 Å². The highest BCUT2D eigenvalue weighted by Gasteiger charge is 2.24. The summed E-state index contributed by atoms with van der Waals surface area (Å²) in [6.07, 6.45) is 3.11. The fourth-order valence-electron chi connectivity index (χ4n) is 2.17. The van der Waals surface area contributed by atoms with E-state index in [-0.39, 0.29) is 23.8 Å². The average Bonchev–Trinajstić information content (AvgIpc) is 2.39. The molecule has 1 heterocycles. The van der Waals surface area contributed by atoms with Crippen LogP contribution in [0.1, 0.15) is 19.3 Å². The van der Waals surface area contributed by atoms with Crippen LogP contribution < -0.4 is 17.3 Å². The van der Waals surface area contributed by atoms with E-state index in [1.54, 1.807) is 0 Å². The largest absolute Gasteiger partial charge is 1.00 e. The smallest absolute Gasteiger partial charge is 0.299 e. The molecule has 19 heavy (non-hydrogen) atoms. The van der Waals surface area contributed by atoms with Gasteiger partial charge in [0.05, 0.1) is 15.9 Å². The summed E-state index contributed by atoms with van der Waals surface area (Å²) in [4.78, 5) is 22.4. The number of anilines is 1. The van der Waals surface area contributed by atoms with Crippen LogP contribution in [-0.2, 0) is 0 Å². The van der Waals surface area contributed by atoms with E-state index < -0.39 is 9.85 Å². The molecule has 0 atom stereocenters. The number of halogens is 1. The van der Waals surface area contributed by atoms with E-state index in [0.717, 1.165) is 38.4 Å². The number of hydrogen-bond donors (Lipinski definition) is 0. The zero-order valence-corrected chi connectivity index (χ0v) is 10.9. The van der Waals surface area contributed by atoms with Gasteiger partial charge in [-0.25, -0.2) is 0 Å². The summed E-state index contributed by atoms with van der Waals surface area (Å²) in [5.41, 5.74) is 0.0406. The van der Waals surface area contributed by atoms with E-state index in [4.69, 9.17) is 0 Å². The number of rotatable bonds is 3. The number of non-ortho nitro benzene ring substituents is 1. The predicted octanol–water partition coefficient (Wildman–Crippen LogP) is -0.503. The molecular formula is C11H13ClN3O4-. The summed E-state index contributed by atoms with van der Waals surface area (Å²) in [6.45, 7) is 1.53. The van der Waals surface area contributed by atoms with Crippen LogP contribution in [0.4, 0.5) is 17.1 Å². The summed E-state index contributed by atoms with van der Waals surface area (Å²) in [5, 5.41) is 21.6. The minimum absolute atomic E-state index is 0. The Bertz CT molecular complexity index is 489. The first-order valence-corrected chi connectivity index (χ1v) is 5.77. The van der Waals surface area contributed by atoms with Gasteiger partial charge in [-0.15, -0.1) is 0 Å². The van der Waals surface area contributed by atoms with Crippen molar-refractivity contribution in [2.45, 2.75) is 19.3 Å². The highest BCUT2D eigenvalue weighted by molar-refractivity contribution is 5.66. The number of nitro benzene ring substituents is 2. The lowest BCUT2D eigenvalue weighted by atomic mass is 10.1. The molecule has 1 saturated heterocycles. The number of hydrogen-bond acceptors (Lipinski definition) is 5. The molecule has 0 spiro atoms. The Morgan fingerprint density at radius 1 is 1.00 bits per heavy atom. The third-order valence-electron chi connectivity index (χ3n) is 3.06. The van der Waals surface area contributed by atoms with Crippen LogP contribution >= 0.6 is 0 Å². The van der Waals surface area contributed by atoms with Crippen molar-refractivity contribution in [1.29, 1.82) is 0 Å². The van der Waals surface area contributed by atoms with Crippen LogP contribution in [0.25, 0.3) is 0 Å². The number of benzene rings is 1. The van der Waals surface area contributed by atoms with Gasteiger partial charge in [0.2, 0.25) is 0 Å². The van der Waals surface area contributed by atoms with E-state index in [1.807, 2.05) is 4.90 Å². The fraction of sp³-hybridized carbons (Fsp3) is 0.455. The molecule has 1 aromatic rings. The number of nitrogens with zero attached hydrogens (tertiary/aromatic N) is 3. The first-order chi connectivity index (χ1) is 8.59. The minimum atomic E-state index is -0.618. The maximum Gasteiger partial charge on any atom is 0.299 e. The molecule has 1 fully saturated rings. The molecule has 2 rings (SSSR count). The standard InChI is InChI=1S/C11H13N3O4.ClH/c15-13(16)9-4-5-10(11(8-9)14(17)18)12-6-2-1-3-7-12;/h4-5,8H,1-3,6-7H2;1H/p-1. The van der Waals surface area contributed by atoms with E-state index in [1.165, 1.54) is 12.1 Å². The van der Waals surface area contributed by atoms with Crippen LogP contribution in [0, 0.1) is 20.2 Å². The van der Waals surface area contributed by atoms with Gasteiger partial charge in [-0.2, -0.15) is 0 Å². The zero-order valence-electron chi connectivity index (χ0n) is 10.1. The minimum Gasteiger partial charge on any atom is -1.00 e. The SMILES string of the molecule is O=[N+]([O-])c1ccc(N2CCCCC2)c([N+](=O)[O-])c1.[Cl-]. The molecule has 0 bridgehead atoms. The second kappa shape index (κ2) is 6.33. The van der Waals surface area contributed by atoms with Gasteiger partial charge in [-0.05, 0) is 25.3 Å². The van der Waals surface area contributed by atoms with Crippen molar-refractivity contribution in [2.75, 3.05) is 18.0 Å². The summed E-state index contributed by atoms with van der Waals surface area (Å²) in [5.74, 6) is 0. The van der Waals surface area contributed by atoms with E-state index in [9.17, 15) is 20.2 Å². The van der Waals surface area contributed by atoms with Crippen molar-refractivity contribution in [3.8, 4) is 0 Å². The van der Waals surface area contributed by atoms with Crippen molar-refractivity contribution in [3.63, 3.8) is 0 Å². The topological polar surface area (TPSA) is 89.5 Å². The predicted molar refractivity (Wildman–Crippen MR) is 65.8 cm³/mol. The Labute approximate surface area is 115 Å². The normalized spacial score (nSPS) is 14.6. The van der Waals surface area contributed by atoms with E-state index >= 15 is 0 Å². The van der Waals surface area contributed by atoms with Crippen LogP contribution in [0.2, 0.25) is 0 Å². The van der Waals surface area contributed by atoms with Gasteiger partial charge in [0.1, 0.15) is 5.69 Å². The van der Waals surface area contributed by atoms with Gasteiger partial charge in [0.15, 0.2) is 0 Å². The molecule has 1 aromatic carbocycles. The average molecular weight is 287 g/mol. The molecule has 0 unspecified atom stereocenters. The monoisotopic (exact) mass is 286 g/mol. The van der Waals surface area contributed by atoms with Gasteiger partial charge < -0.3 is 17.3 Å². The molecule has 0 aromatic heterocycles. The van der Waals surface area contributed by atoms with Crippen LogP contribution in [0.15, 0.2) is 18.2 Å². The third kappa shape index (κ3) is 3.31. The van der Waals surface area contributed by atoms with Gasteiger partial charge in [-0.3, -0.25) is 20.2 Å². The Morgan fingerprint density at radius 3 is 2.16 bits per heavy atom. The molecule has 1 aliphatic heterocycles. The Hall–Kier alpha value is -1.89. The molecule has 8 heteroatoms. The van der Waals surface area contributed by atoms with E-state index in [0.29, 0.717) is 5.69 Å². The number of nitro groups is 2. The lowest BCUT2D eigenvalue weighted by Gasteiger charge is -2.28. The van der Waals surface area contributed by atoms with Crippen molar-refractivity contribution >= 4 is 17.1 Å². The quantitative estimate of drug-likeness (QED) is 0.552.